The predicted molar refractivity (Wildman–Crippen MR) is 177 cm³/mol. The Morgan fingerprint density at radius 2 is 1.61 bits per heavy atom. The lowest BCUT2D eigenvalue weighted by molar-refractivity contribution is -0.116. The van der Waals surface area contributed by atoms with Crippen LogP contribution >= 0.6 is 23.2 Å². The number of nitrogens with one attached hydrogen (secondary N) is 2. The van der Waals surface area contributed by atoms with E-state index in [0.717, 1.165) is 5.56 Å². The minimum atomic E-state index is -0.941. The van der Waals surface area contributed by atoms with Crippen LogP contribution < -0.4 is 29.7 Å². The molecule has 0 radical (unpaired) electrons. The quantitative estimate of drug-likeness (QED) is 0.215. The van der Waals surface area contributed by atoms with Crippen LogP contribution in [0, 0.1) is 5.82 Å². The van der Waals surface area contributed by atoms with E-state index in [1.54, 1.807) is 42.5 Å². The molecule has 46 heavy (non-hydrogen) atoms. The van der Waals surface area contributed by atoms with Crippen LogP contribution in [-0.4, -0.2) is 33.1 Å². The summed E-state index contributed by atoms with van der Waals surface area (Å²) in [6.45, 7) is 0. The average molecular weight is 663 g/mol. The van der Waals surface area contributed by atoms with E-state index in [-0.39, 0.29) is 29.0 Å². The smallest absolute Gasteiger partial charge is 0.327 e. The number of carbonyl (C=O) groups is 2. The number of para-hydroxylation sites is 2. The molecule has 0 unspecified atom stereocenters. The highest BCUT2D eigenvalue weighted by Crippen LogP contribution is 2.50. The summed E-state index contributed by atoms with van der Waals surface area (Å²) >= 11 is 12.4. The van der Waals surface area contributed by atoms with Crippen molar-refractivity contribution in [2.75, 3.05) is 36.9 Å². The average Bonchev–Trinajstić information content (AvgIpc) is 3.20. The Morgan fingerprint density at radius 3 is 2.28 bits per heavy atom. The third kappa shape index (κ3) is 5.84. The van der Waals surface area contributed by atoms with E-state index < -0.39 is 12.1 Å². The van der Waals surface area contributed by atoms with Crippen LogP contribution in [-0.2, 0) is 4.79 Å². The molecule has 2 amide bonds. The van der Waals surface area contributed by atoms with Crippen molar-refractivity contribution in [1.29, 1.82) is 0 Å². The summed E-state index contributed by atoms with van der Waals surface area (Å²) in [4.78, 5) is 30.3. The fraction of sp³-hybridized carbons (Fsp3) is 0.200. The number of urea groups is 1. The van der Waals surface area contributed by atoms with Crippen molar-refractivity contribution in [3.8, 4) is 17.2 Å². The fourth-order valence-corrected chi connectivity index (χ4v) is 6.44. The van der Waals surface area contributed by atoms with Gasteiger partial charge in [-0.15, -0.1) is 0 Å². The number of anilines is 3. The van der Waals surface area contributed by atoms with Gasteiger partial charge < -0.3 is 24.8 Å². The Balaban J connectivity index is 1.57. The van der Waals surface area contributed by atoms with Gasteiger partial charge in [-0.25, -0.2) is 9.18 Å². The second-order valence-corrected chi connectivity index (χ2v) is 11.7. The second kappa shape index (κ2) is 12.9. The number of allylic oxidation sites excluding steroid dienone is 1. The Morgan fingerprint density at radius 1 is 0.870 bits per heavy atom. The molecule has 0 fully saturated rings. The zero-order chi connectivity index (χ0) is 32.5. The molecule has 0 aromatic heterocycles. The molecule has 1 heterocycles. The molecule has 0 spiro atoms. The van der Waals surface area contributed by atoms with Gasteiger partial charge in [0.15, 0.2) is 17.3 Å². The SMILES string of the molecule is COc1cc([C@H]2C3=C(C[C@H](c4cccc(F)c4)CC3=O)Nc3ccccc3N2C(=O)Nc2ccc(Cl)c(Cl)c2)cc(OC)c1OC. The highest BCUT2D eigenvalue weighted by Gasteiger charge is 2.42. The number of halogens is 3. The van der Waals surface area contributed by atoms with Gasteiger partial charge in [-0.1, -0.05) is 47.5 Å². The van der Waals surface area contributed by atoms with Crippen LogP contribution in [0.2, 0.25) is 10.0 Å². The van der Waals surface area contributed by atoms with E-state index in [2.05, 4.69) is 10.6 Å². The zero-order valence-electron chi connectivity index (χ0n) is 25.2. The van der Waals surface area contributed by atoms with Gasteiger partial charge >= 0.3 is 6.03 Å². The number of methoxy groups -OCH3 is 3. The molecule has 11 heteroatoms. The number of carbonyl (C=O) groups excluding carboxylic acids is 2. The van der Waals surface area contributed by atoms with Gasteiger partial charge in [0.1, 0.15) is 5.82 Å². The minimum Gasteiger partial charge on any atom is -0.493 e. The maximum absolute atomic E-state index is 14.4. The first kappa shape index (κ1) is 31.3. The van der Waals surface area contributed by atoms with Crippen molar-refractivity contribution in [2.45, 2.75) is 24.8 Å². The van der Waals surface area contributed by atoms with Crippen molar-refractivity contribution < 1.29 is 28.2 Å². The summed E-state index contributed by atoms with van der Waals surface area (Å²) in [5.41, 5.74) is 3.82. The summed E-state index contributed by atoms with van der Waals surface area (Å²) < 4.78 is 31.2. The van der Waals surface area contributed by atoms with Crippen LogP contribution in [0.3, 0.4) is 0 Å². The van der Waals surface area contributed by atoms with Crippen LogP contribution in [0.25, 0.3) is 0 Å². The normalized spacial score (nSPS) is 17.3. The van der Waals surface area contributed by atoms with E-state index in [1.807, 2.05) is 24.3 Å². The summed E-state index contributed by atoms with van der Waals surface area (Å²) in [5.74, 6) is 0.235. The highest BCUT2D eigenvalue weighted by atomic mass is 35.5. The second-order valence-electron chi connectivity index (χ2n) is 10.9. The van der Waals surface area contributed by atoms with Gasteiger partial charge in [0, 0.05) is 23.4 Å². The summed E-state index contributed by atoms with van der Waals surface area (Å²) in [7, 11) is 4.50. The number of ketones is 1. The molecule has 0 saturated carbocycles. The molecule has 236 valence electrons. The maximum Gasteiger partial charge on any atom is 0.327 e. The lowest BCUT2D eigenvalue weighted by atomic mass is 9.78. The van der Waals surface area contributed by atoms with Crippen molar-refractivity contribution in [3.05, 3.63) is 117 Å². The number of Topliss-reactive ketones (excluding diaryl/α,β-unsaturated/α-hetero) is 1. The van der Waals surface area contributed by atoms with Crippen LogP contribution in [0.5, 0.6) is 17.2 Å². The number of benzene rings is 4. The molecule has 2 N–H and O–H groups in total. The largest absolute Gasteiger partial charge is 0.493 e. The lowest BCUT2D eigenvalue weighted by Crippen LogP contribution is -2.41. The first-order chi connectivity index (χ1) is 22.2. The molecule has 6 rings (SSSR count). The Hall–Kier alpha value is -4.73. The van der Waals surface area contributed by atoms with Crippen molar-refractivity contribution in [1.82, 2.24) is 0 Å². The Kier molecular flexibility index (Phi) is 8.80. The summed E-state index contributed by atoms with van der Waals surface area (Å²) in [5, 5.41) is 7.02. The lowest BCUT2D eigenvalue weighted by Gasteiger charge is -2.35. The summed E-state index contributed by atoms with van der Waals surface area (Å²) in [6, 6.07) is 20.4. The number of hydrogen-bond donors (Lipinski definition) is 2. The first-order valence-electron chi connectivity index (χ1n) is 14.4. The van der Waals surface area contributed by atoms with Crippen LogP contribution in [0.4, 0.5) is 26.2 Å². The van der Waals surface area contributed by atoms with Gasteiger partial charge in [-0.3, -0.25) is 9.69 Å². The van der Waals surface area contributed by atoms with Gasteiger partial charge in [0.25, 0.3) is 0 Å². The first-order valence-corrected chi connectivity index (χ1v) is 15.2. The van der Waals surface area contributed by atoms with Gasteiger partial charge in [0.05, 0.1) is 48.8 Å². The van der Waals surface area contributed by atoms with E-state index in [9.17, 15) is 14.0 Å². The molecule has 0 bridgehead atoms. The van der Waals surface area contributed by atoms with Gasteiger partial charge in [0.2, 0.25) is 5.75 Å². The van der Waals surface area contributed by atoms with Gasteiger partial charge in [-0.2, -0.15) is 0 Å². The Bertz CT molecular complexity index is 1860. The highest BCUT2D eigenvalue weighted by molar-refractivity contribution is 6.42. The molecular formula is C35H30Cl2FN3O5. The van der Waals surface area contributed by atoms with Crippen molar-refractivity contribution in [3.63, 3.8) is 0 Å². The number of amides is 2. The molecule has 2 aliphatic rings. The predicted octanol–water partition coefficient (Wildman–Crippen LogP) is 8.76. The standard InChI is InChI=1S/C35H30Cl2FN3O5/c1-44-30-16-21(17-31(45-2)34(30)46-3)33-32-27(14-20(15-29(32)42)19-7-6-8-22(38)13-19)40-26-9-4-5-10-28(26)41(33)35(43)39-23-11-12-24(36)25(37)18-23/h4-13,16-18,20,33,40H,14-15H2,1-3H3,(H,39,43)/t20-,33-/m0/s1. The molecular weight excluding hydrogens is 632 g/mol. The zero-order valence-corrected chi connectivity index (χ0v) is 26.7. The van der Waals surface area contributed by atoms with Crippen LogP contribution in [0.15, 0.2) is 90.1 Å². The molecule has 8 nitrogen and oxygen atoms in total. The van der Waals surface area contributed by atoms with Crippen molar-refractivity contribution >= 4 is 52.1 Å². The maximum atomic E-state index is 14.4. The number of fused-ring (bicyclic) bond motifs is 1. The van der Waals surface area contributed by atoms with Crippen molar-refractivity contribution in [2.24, 2.45) is 0 Å². The Labute approximate surface area is 275 Å². The monoisotopic (exact) mass is 661 g/mol. The number of ether oxygens (including phenoxy) is 3. The van der Waals surface area contributed by atoms with Gasteiger partial charge in [-0.05, 0) is 78.1 Å². The van der Waals surface area contributed by atoms with E-state index in [4.69, 9.17) is 37.4 Å². The summed E-state index contributed by atoms with van der Waals surface area (Å²) in [6.07, 6.45) is 0.519. The molecule has 1 aliphatic heterocycles. The van der Waals surface area contributed by atoms with Crippen LogP contribution in [0.1, 0.15) is 35.9 Å². The molecule has 4 aromatic carbocycles. The minimum absolute atomic E-state index is 0.115. The van der Waals surface area contributed by atoms with E-state index in [0.29, 0.717) is 62.6 Å². The third-order valence-corrected chi connectivity index (χ3v) is 8.94. The number of hydrogen-bond acceptors (Lipinski definition) is 6. The molecule has 1 aliphatic carbocycles. The molecule has 0 saturated heterocycles. The number of nitrogens with zero attached hydrogens (tertiary/aromatic N) is 1. The van der Waals surface area contributed by atoms with E-state index >= 15 is 0 Å². The fourth-order valence-electron chi connectivity index (χ4n) is 6.14. The molecule has 2 atom stereocenters. The topological polar surface area (TPSA) is 89.1 Å². The third-order valence-electron chi connectivity index (χ3n) is 8.20. The number of rotatable bonds is 6. The molecule has 4 aromatic rings. The van der Waals surface area contributed by atoms with E-state index in [1.165, 1.54) is 38.4 Å².